The molecule has 1 aliphatic heterocycles. The molecule has 0 spiro atoms. The first-order valence-electron chi connectivity index (χ1n) is 8.30. The molecule has 1 aliphatic rings. The Morgan fingerprint density at radius 3 is 2.79 bits per heavy atom. The molecule has 2 aromatic rings. The summed E-state index contributed by atoms with van der Waals surface area (Å²) in [5.41, 5.74) is 3.18. The van der Waals surface area contributed by atoms with Gasteiger partial charge < -0.3 is 9.84 Å². The molecule has 0 bridgehead atoms. The fraction of sp³-hybridized carbons (Fsp3) is 0.474. The third-order valence-electron chi connectivity index (χ3n) is 4.36. The molecule has 0 saturated carbocycles. The van der Waals surface area contributed by atoms with Crippen LogP contribution in [0.5, 0.6) is 11.5 Å². The van der Waals surface area contributed by atoms with Gasteiger partial charge in [0, 0.05) is 54.5 Å². The Kier molecular flexibility index (Phi) is 4.45. The van der Waals surface area contributed by atoms with Crippen molar-refractivity contribution in [1.29, 1.82) is 0 Å². The maximum absolute atomic E-state index is 10.1. The molecule has 0 aliphatic carbocycles. The van der Waals surface area contributed by atoms with Gasteiger partial charge in [-0.1, -0.05) is 20.8 Å². The van der Waals surface area contributed by atoms with Crippen LogP contribution in [0.3, 0.4) is 0 Å². The SMILES string of the molecule is COc1ccc(O)c(CN2CCc3nc(C(C)(C)C)ncc3C2)c1. The minimum absolute atomic E-state index is 0.0292. The van der Waals surface area contributed by atoms with Crippen molar-refractivity contribution in [2.75, 3.05) is 13.7 Å². The highest BCUT2D eigenvalue weighted by Crippen LogP contribution is 2.27. The molecule has 24 heavy (non-hydrogen) atoms. The van der Waals surface area contributed by atoms with E-state index in [1.54, 1.807) is 19.2 Å². The summed E-state index contributed by atoms with van der Waals surface area (Å²) in [5.74, 6) is 1.97. The Balaban J connectivity index is 1.76. The van der Waals surface area contributed by atoms with Crippen LogP contribution in [0.1, 0.15) is 43.4 Å². The summed E-state index contributed by atoms with van der Waals surface area (Å²) in [6.07, 6.45) is 2.87. The van der Waals surface area contributed by atoms with E-state index in [4.69, 9.17) is 9.72 Å². The van der Waals surface area contributed by atoms with Crippen LogP contribution in [-0.2, 0) is 24.9 Å². The van der Waals surface area contributed by atoms with Crippen LogP contribution in [0.4, 0.5) is 0 Å². The van der Waals surface area contributed by atoms with Crippen molar-refractivity contribution in [3.63, 3.8) is 0 Å². The number of aromatic hydroxyl groups is 1. The Morgan fingerprint density at radius 1 is 1.29 bits per heavy atom. The number of ether oxygens (including phenoxy) is 1. The van der Waals surface area contributed by atoms with Crippen molar-refractivity contribution < 1.29 is 9.84 Å². The molecule has 0 radical (unpaired) electrons. The number of benzene rings is 1. The highest BCUT2D eigenvalue weighted by Gasteiger charge is 2.23. The van der Waals surface area contributed by atoms with E-state index in [1.807, 2.05) is 12.3 Å². The van der Waals surface area contributed by atoms with Gasteiger partial charge in [0.15, 0.2) is 0 Å². The van der Waals surface area contributed by atoms with Gasteiger partial charge in [-0.15, -0.1) is 0 Å². The number of hydrogen-bond acceptors (Lipinski definition) is 5. The van der Waals surface area contributed by atoms with E-state index in [9.17, 15) is 5.11 Å². The number of phenolic OH excluding ortho intramolecular Hbond substituents is 1. The number of phenols is 1. The van der Waals surface area contributed by atoms with Crippen molar-refractivity contribution in [2.24, 2.45) is 0 Å². The zero-order valence-electron chi connectivity index (χ0n) is 14.8. The largest absolute Gasteiger partial charge is 0.508 e. The standard InChI is InChI=1S/C19H25N3O2/c1-19(2,3)18-20-10-14-12-22(8-7-16(14)21-18)11-13-9-15(24-4)5-6-17(13)23/h5-6,9-10,23H,7-8,11-12H2,1-4H3. The zero-order valence-corrected chi connectivity index (χ0v) is 14.8. The molecule has 0 atom stereocenters. The molecular weight excluding hydrogens is 302 g/mol. The Morgan fingerprint density at radius 2 is 2.08 bits per heavy atom. The summed E-state index contributed by atoms with van der Waals surface area (Å²) in [6.45, 7) is 8.81. The summed E-state index contributed by atoms with van der Waals surface area (Å²) in [5, 5.41) is 10.1. The molecule has 0 amide bonds. The second-order valence-corrected chi connectivity index (χ2v) is 7.37. The molecule has 0 saturated heterocycles. The topological polar surface area (TPSA) is 58.5 Å². The van der Waals surface area contributed by atoms with Crippen molar-refractivity contribution in [3.8, 4) is 11.5 Å². The lowest BCUT2D eigenvalue weighted by molar-refractivity contribution is 0.238. The molecular formula is C19H25N3O2. The van der Waals surface area contributed by atoms with Gasteiger partial charge in [-0.3, -0.25) is 4.90 Å². The summed E-state index contributed by atoms with van der Waals surface area (Å²) >= 11 is 0. The number of methoxy groups -OCH3 is 1. The Hall–Kier alpha value is -2.14. The molecule has 3 rings (SSSR count). The number of hydrogen-bond donors (Lipinski definition) is 1. The van der Waals surface area contributed by atoms with E-state index in [1.165, 1.54) is 5.56 Å². The van der Waals surface area contributed by atoms with E-state index < -0.39 is 0 Å². The number of aromatic nitrogens is 2. The second kappa shape index (κ2) is 6.40. The molecule has 2 heterocycles. The first-order valence-corrected chi connectivity index (χ1v) is 8.30. The van der Waals surface area contributed by atoms with Crippen LogP contribution < -0.4 is 4.74 Å². The highest BCUT2D eigenvalue weighted by atomic mass is 16.5. The molecule has 0 unspecified atom stereocenters. The summed E-state index contributed by atoms with van der Waals surface area (Å²) in [4.78, 5) is 11.6. The predicted octanol–water partition coefficient (Wildman–Crippen LogP) is 3.05. The maximum atomic E-state index is 10.1. The number of nitrogens with zero attached hydrogens (tertiary/aromatic N) is 3. The van der Waals surface area contributed by atoms with Gasteiger partial charge in [0.25, 0.3) is 0 Å². The molecule has 1 aromatic heterocycles. The van der Waals surface area contributed by atoms with Gasteiger partial charge in [-0.05, 0) is 18.2 Å². The molecule has 128 valence electrons. The van der Waals surface area contributed by atoms with Crippen molar-refractivity contribution in [2.45, 2.75) is 45.7 Å². The minimum Gasteiger partial charge on any atom is -0.508 e. The predicted molar refractivity (Wildman–Crippen MR) is 93.2 cm³/mol. The van der Waals surface area contributed by atoms with E-state index in [2.05, 4.69) is 30.7 Å². The van der Waals surface area contributed by atoms with Crippen molar-refractivity contribution in [1.82, 2.24) is 14.9 Å². The minimum atomic E-state index is -0.0292. The maximum Gasteiger partial charge on any atom is 0.133 e. The third kappa shape index (κ3) is 3.51. The van der Waals surface area contributed by atoms with Crippen molar-refractivity contribution >= 4 is 0 Å². The molecule has 1 N–H and O–H groups in total. The number of fused-ring (bicyclic) bond motifs is 1. The van der Waals surface area contributed by atoms with Gasteiger partial charge in [0.1, 0.15) is 17.3 Å². The average Bonchev–Trinajstić information content (AvgIpc) is 2.55. The fourth-order valence-electron chi connectivity index (χ4n) is 2.93. The van der Waals surface area contributed by atoms with Crippen LogP contribution in [0.15, 0.2) is 24.4 Å². The van der Waals surface area contributed by atoms with E-state index in [-0.39, 0.29) is 5.41 Å². The summed E-state index contributed by atoms with van der Waals surface area (Å²) in [6, 6.07) is 5.35. The fourth-order valence-corrected chi connectivity index (χ4v) is 2.93. The third-order valence-corrected chi connectivity index (χ3v) is 4.36. The second-order valence-electron chi connectivity index (χ2n) is 7.37. The highest BCUT2D eigenvalue weighted by molar-refractivity contribution is 5.39. The van der Waals surface area contributed by atoms with Gasteiger partial charge in [-0.25, -0.2) is 9.97 Å². The van der Waals surface area contributed by atoms with E-state index >= 15 is 0 Å². The van der Waals surface area contributed by atoms with Crippen LogP contribution in [-0.4, -0.2) is 33.6 Å². The van der Waals surface area contributed by atoms with Gasteiger partial charge in [0.05, 0.1) is 7.11 Å². The van der Waals surface area contributed by atoms with E-state index in [0.717, 1.165) is 42.3 Å². The van der Waals surface area contributed by atoms with Crippen LogP contribution in [0, 0.1) is 0 Å². The zero-order chi connectivity index (χ0) is 17.3. The normalized spacial score (nSPS) is 15.2. The van der Waals surface area contributed by atoms with Gasteiger partial charge >= 0.3 is 0 Å². The summed E-state index contributed by atoms with van der Waals surface area (Å²) in [7, 11) is 1.64. The molecule has 5 heteroatoms. The first kappa shape index (κ1) is 16.7. The van der Waals surface area contributed by atoms with Crippen molar-refractivity contribution in [3.05, 3.63) is 47.0 Å². The average molecular weight is 327 g/mol. The van der Waals surface area contributed by atoms with Crippen LogP contribution >= 0.6 is 0 Å². The summed E-state index contributed by atoms with van der Waals surface area (Å²) < 4.78 is 5.25. The quantitative estimate of drug-likeness (QED) is 0.939. The van der Waals surface area contributed by atoms with Gasteiger partial charge in [0.2, 0.25) is 0 Å². The first-order chi connectivity index (χ1) is 11.4. The van der Waals surface area contributed by atoms with Gasteiger partial charge in [-0.2, -0.15) is 0 Å². The Bertz CT molecular complexity index is 738. The van der Waals surface area contributed by atoms with Crippen LogP contribution in [0.25, 0.3) is 0 Å². The lowest BCUT2D eigenvalue weighted by atomic mass is 9.95. The molecule has 0 fully saturated rings. The molecule has 5 nitrogen and oxygen atoms in total. The van der Waals surface area contributed by atoms with Crippen LogP contribution in [0.2, 0.25) is 0 Å². The lowest BCUT2D eigenvalue weighted by Crippen LogP contribution is -2.32. The number of rotatable bonds is 3. The molecule has 1 aromatic carbocycles. The lowest BCUT2D eigenvalue weighted by Gasteiger charge is -2.29. The monoisotopic (exact) mass is 327 g/mol. The Labute approximate surface area is 143 Å². The smallest absolute Gasteiger partial charge is 0.133 e. The van der Waals surface area contributed by atoms with E-state index in [0.29, 0.717) is 12.3 Å².